The third-order valence-corrected chi connectivity index (χ3v) is 1.67. The molecule has 5 heteroatoms. The van der Waals surface area contributed by atoms with E-state index in [-0.39, 0.29) is 5.69 Å². The van der Waals surface area contributed by atoms with Crippen LogP contribution in [0.2, 0.25) is 0 Å². The SMILES string of the molecule is N#Cc1cc(C(O)C(O)C#N)ccn1. The molecule has 0 fully saturated rings. The van der Waals surface area contributed by atoms with Gasteiger partial charge < -0.3 is 10.2 Å². The zero-order valence-electron chi connectivity index (χ0n) is 7.12. The Kier molecular flexibility index (Phi) is 3.14. The lowest BCUT2D eigenvalue weighted by Crippen LogP contribution is -2.15. The van der Waals surface area contributed by atoms with Crippen LogP contribution in [0, 0.1) is 22.7 Å². The first kappa shape index (κ1) is 10.1. The number of rotatable bonds is 2. The van der Waals surface area contributed by atoms with Crippen molar-refractivity contribution in [3.05, 3.63) is 29.6 Å². The Morgan fingerprint density at radius 1 is 1.36 bits per heavy atom. The fourth-order valence-corrected chi connectivity index (χ4v) is 0.945. The average molecular weight is 189 g/mol. The summed E-state index contributed by atoms with van der Waals surface area (Å²) in [4.78, 5) is 3.69. The van der Waals surface area contributed by atoms with Crippen molar-refractivity contribution in [2.75, 3.05) is 0 Å². The monoisotopic (exact) mass is 189 g/mol. The lowest BCUT2D eigenvalue weighted by atomic mass is 10.1. The summed E-state index contributed by atoms with van der Waals surface area (Å²) in [6, 6.07) is 6.06. The molecule has 0 aliphatic carbocycles. The van der Waals surface area contributed by atoms with Gasteiger partial charge >= 0.3 is 0 Å². The number of nitriles is 2. The zero-order valence-corrected chi connectivity index (χ0v) is 7.12. The van der Waals surface area contributed by atoms with Crippen LogP contribution in [0.5, 0.6) is 0 Å². The maximum Gasteiger partial charge on any atom is 0.170 e. The van der Waals surface area contributed by atoms with E-state index in [0.717, 1.165) is 0 Å². The van der Waals surface area contributed by atoms with Gasteiger partial charge in [0.25, 0.3) is 0 Å². The van der Waals surface area contributed by atoms with Crippen molar-refractivity contribution in [1.29, 1.82) is 10.5 Å². The Morgan fingerprint density at radius 2 is 2.07 bits per heavy atom. The van der Waals surface area contributed by atoms with E-state index in [1.54, 1.807) is 6.07 Å². The van der Waals surface area contributed by atoms with E-state index in [1.807, 2.05) is 0 Å². The maximum atomic E-state index is 9.40. The second kappa shape index (κ2) is 4.33. The molecular weight excluding hydrogens is 182 g/mol. The standard InChI is InChI=1S/C9H7N3O2/c10-4-7-3-6(1-2-12-7)9(14)8(13)5-11/h1-3,8-9,13-14H. The summed E-state index contributed by atoms with van der Waals surface area (Å²) in [5, 5.41) is 35.3. The van der Waals surface area contributed by atoms with Crippen molar-refractivity contribution in [3.8, 4) is 12.1 Å². The van der Waals surface area contributed by atoms with Gasteiger partial charge in [0.15, 0.2) is 6.10 Å². The van der Waals surface area contributed by atoms with Gasteiger partial charge in [-0.3, -0.25) is 0 Å². The summed E-state index contributed by atoms with van der Waals surface area (Å²) >= 11 is 0. The Bertz CT molecular complexity index is 405. The molecule has 0 saturated heterocycles. The van der Waals surface area contributed by atoms with E-state index in [2.05, 4.69) is 4.98 Å². The lowest BCUT2D eigenvalue weighted by molar-refractivity contribution is 0.0527. The lowest BCUT2D eigenvalue weighted by Gasteiger charge is -2.11. The first-order valence-electron chi connectivity index (χ1n) is 3.81. The first-order valence-corrected chi connectivity index (χ1v) is 3.81. The third kappa shape index (κ3) is 2.05. The van der Waals surface area contributed by atoms with Gasteiger partial charge in [0.1, 0.15) is 17.9 Å². The summed E-state index contributed by atoms with van der Waals surface area (Å²) in [6.45, 7) is 0. The molecule has 2 atom stereocenters. The third-order valence-electron chi connectivity index (χ3n) is 1.67. The van der Waals surface area contributed by atoms with E-state index >= 15 is 0 Å². The summed E-state index contributed by atoms with van der Waals surface area (Å²) in [5.41, 5.74) is 0.428. The van der Waals surface area contributed by atoms with E-state index < -0.39 is 12.2 Å². The second-order valence-corrected chi connectivity index (χ2v) is 2.60. The number of aromatic nitrogens is 1. The van der Waals surface area contributed by atoms with E-state index in [1.165, 1.54) is 24.4 Å². The molecule has 1 aromatic rings. The van der Waals surface area contributed by atoms with Gasteiger partial charge in [-0.05, 0) is 17.7 Å². The highest BCUT2D eigenvalue weighted by atomic mass is 16.3. The van der Waals surface area contributed by atoms with Crippen LogP contribution in [0.3, 0.4) is 0 Å². The van der Waals surface area contributed by atoms with E-state index in [9.17, 15) is 5.11 Å². The van der Waals surface area contributed by atoms with Crippen LogP contribution in [0.25, 0.3) is 0 Å². The minimum atomic E-state index is -1.50. The minimum Gasteiger partial charge on any atom is -0.385 e. The molecule has 0 aliphatic heterocycles. The van der Waals surface area contributed by atoms with Crippen LogP contribution in [0.1, 0.15) is 17.4 Å². The smallest absolute Gasteiger partial charge is 0.170 e. The zero-order chi connectivity index (χ0) is 10.6. The van der Waals surface area contributed by atoms with Gasteiger partial charge in [-0.1, -0.05) is 0 Å². The predicted octanol–water partition coefficient (Wildman–Crippen LogP) is -0.129. The van der Waals surface area contributed by atoms with Crippen molar-refractivity contribution in [1.82, 2.24) is 4.98 Å². The van der Waals surface area contributed by atoms with Crippen LogP contribution in [-0.4, -0.2) is 21.3 Å². The highest BCUT2D eigenvalue weighted by Gasteiger charge is 2.17. The molecule has 0 bridgehead atoms. The Labute approximate surface area is 80.5 Å². The minimum absolute atomic E-state index is 0.131. The molecule has 1 aromatic heterocycles. The van der Waals surface area contributed by atoms with Crippen LogP contribution in [-0.2, 0) is 0 Å². The van der Waals surface area contributed by atoms with Gasteiger partial charge in [0.05, 0.1) is 6.07 Å². The van der Waals surface area contributed by atoms with Crippen molar-refractivity contribution in [2.45, 2.75) is 12.2 Å². The summed E-state index contributed by atoms with van der Waals surface area (Å²) < 4.78 is 0. The molecule has 2 N–H and O–H groups in total. The van der Waals surface area contributed by atoms with Crippen molar-refractivity contribution < 1.29 is 10.2 Å². The molecule has 0 amide bonds. The largest absolute Gasteiger partial charge is 0.385 e. The summed E-state index contributed by atoms with van der Waals surface area (Å²) in [7, 11) is 0. The van der Waals surface area contributed by atoms with Gasteiger partial charge in [0, 0.05) is 6.20 Å². The van der Waals surface area contributed by atoms with Crippen LogP contribution in [0.4, 0.5) is 0 Å². The topological polar surface area (TPSA) is 101 Å². The Balaban J connectivity index is 2.98. The molecule has 14 heavy (non-hydrogen) atoms. The number of aliphatic hydroxyl groups is 2. The highest BCUT2D eigenvalue weighted by molar-refractivity contribution is 5.28. The molecule has 0 radical (unpaired) electrons. The van der Waals surface area contributed by atoms with Gasteiger partial charge in [-0.2, -0.15) is 10.5 Å². The first-order chi connectivity index (χ1) is 6.69. The quantitative estimate of drug-likeness (QED) is 0.631. The molecule has 70 valence electrons. The molecule has 0 aromatic carbocycles. The summed E-state index contributed by atoms with van der Waals surface area (Å²) in [5.74, 6) is 0. The molecule has 5 nitrogen and oxygen atoms in total. The van der Waals surface area contributed by atoms with Gasteiger partial charge in [0.2, 0.25) is 0 Å². The van der Waals surface area contributed by atoms with Gasteiger partial charge in [-0.15, -0.1) is 0 Å². The number of nitrogens with zero attached hydrogens (tertiary/aromatic N) is 3. The second-order valence-electron chi connectivity index (χ2n) is 2.60. The maximum absolute atomic E-state index is 9.40. The summed E-state index contributed by atoms with van der Waals surface area (Å²) in [6.07, 6.45) is -1.47. The number of hydrogen-bond acceptors (Lipinski definition) is 5. The van der Waals surface area contributed by atoms with Crippen LogP contribution >= 0.6 is 0 Å². The van der Waals surface area contributed by atoms with Crippen molar-refractivity contribution in [2.24, 2.45) is 0 Å². The number of pyridine rings is 1. The van der Waals surface area contributed by atoms with Gasteiger partial charge in [-0.25, -0.2) is 4.98 Å². The number of aliphatic hydroxyl groups excluding tert-OH is 2. The molecule has 0 aliphatic rings. The van der Waals surface area contributed by atoms with E-state index in [4.69, 9.17) is 15.6 Å². The normalized spacial score (nSPS) is 13.7. The molecule has 1 rings (SSSR count). The predicted molar refractivity (Wildman–Crippen MR) is 45.5 cm³/mol. The van der Waals surface area contributed by atoms with Crippen LogP contribution in [0.15, 0.2) is 18.3 Å². The molecule has 0 saturated carbocycles. The fraction of sp³-hybridized carbons (Fsp3) is 0.222. The van der Waals surface area contributed by atoms with E-state index in [0.29, 0.717) is 5.56 Å². The number of hydrogen-bond donors (Lipinski definition) is 2. The highest BCUT2D eigenvalue weighted by Crippen LogP contribution is 2.16. The molecule has 1 heterocycles. The molecule has 0 spiro atoms. The van der Waals surface area contributed by atoms with Crippen molar-refractivity contribution in [3.63, 3.8) is 0 Å². The Hall–Kier alpha value is -1.95. The molecular formula is C9H7N3O2. The Morgan fingerprint density at radius 3 is 2.64 bits per heavy atom. The molecule has 2 unspecified atom stereocenters. The van der Waals surface area contributed by atoms with Crippen molar-refractivity contribution >= 4 is 0 Å². The average Bonchev–Trinajstić information content (AvgIpc) is 2.27. The fourth-order valence-electron chi connectivity index (χ4n) is 0.945. The van der Waals surface area contributed by atoms with Crippen LogP contribution < -0.4 is 0 Å².